The Labute approximate surface area is 104 Å². The van der Waals surface area contributed by atoms with Gasteiger partial charge in [-0.15, -0.1) is 11.6 Å². The zero-order chi connectivity index (χ0) is 11.8. The van der Waals surface area contributed by atoms with Crippen molar-refractivity contribution in [2.75, 3.05) is 17.3 Å². The van der Waals surface area contributed by atoms with Crippen LogP contribution in [0.25, 0.3) is 10.9 Å². The second-order valence-electron chi connectivity index (χ2n) is 4.34. The van der Waals surface area contributed by atoms with Gasteiger partial charge in [0.2, 0.25) is 5.91 Å². The Morgan fingerprint density at radius 2 is 2.41 bits per heavy atom. The lowest BCUT2D eigenvalue weighted by molar-refractivity contribution is -0.117. The number of fused-ring (bicyclic) bond motifs is 1. The van der Waals surface area contributed by atoms with Crippen LogP contribution in [0, 0.1) is 5.92 Å². The number of anilines is 1. The van der Waals surface area contributed by atoms with E-state index in [-0.39, 0.29) is 11.8 Å². The first-order valence-electron chi connectivity index (χ1n) is 5.58. The van der Waals surface area contributed by atoms with E-state index in [2.05, 4.69) is 10.2 Å². The number of nitrogens with zero attached hydrogens (tertiary/aromatic N) is 2. The topological polar surface area (TPSA) is 49.0 Å². The first-order chi connectivity index (χ1) is 8.29. The second kappa shape index (κ2) is 4.04. The Hall–Kier alpha value is -1.55. The molecule has 17 heavy (non-hydrogen) atoms. The second-order valence-corrected chi connectivity index (χ2v) is 4.65. The SMILES string of the molecule is O=C1CC(CCl)CN1c1cccc2[nH]ncc12. The number of hydrogen-bond acceptors (Lipinski definition) is 2. The van der Waals surface area contributed by atoms with Crippen molar-refractivity contribution in [3.8, 4) is 0 Å². The number of halogens is 1. The van der Waals surface area contributed by atoms with Gasteiger partial charge in [0, 0.05) is 24.2 Å². The molecule has 88 valence electrons. The van der Waals surface area contributed by atoms with Crippen molar-refractivity contribution in [3.63, 3.8) is 0 Å². The number of carbonyl (C=O) groups is 1. The lowest BCUT2D eigenvalue weighted by Gasteiger charge is -2.17. The minimum atomic E-state index is 0.143. The molecule has 3 rings (SSSR count). The third-order valence-corrected chi connectivity index (χ3v) is 3.61. The van der Waals surface area contributed by atoms with Crippen molar-refractivity contribution >= 4 is 34.1 Å². The normalized spacial score (nSPS) is 20.4. The fraction of sp³-hybridized carbons (Fsp3) is 0.333. The summed E-state index contributed by atoms with van der Waals surface area (Å²) in [6.45, 7) is 0.701. The van der Waals surface area contributed by atoms with Crippen molar-refractivity contribution < 1.29 is 4.79 Å². The van der Waals surface area contributed by atoms with E-state index in [9.17, 15) is 4.79 Å². The first-order valence-corrected chi connectivity index (χ1v) is 6.11. The number of alkyl halides is 1. The van der Waals surface area contributed by atoms with Gasteiger partial charge in [-0.3, -0.25) is 9.89 Å². The number of H-pyrrole nitrogens is 1. The molecule has 1 aromatic heterocycles. The molecule has 1 aliphatic rings. The van der Waals surface area contributed by atoms with Gasteiger partial charge in [0.1, 0.15) is 0 Å². The molecule has 1 atom stereocenters. The molecular formula is C12H12ClN3O. The number of carbonyl (C=O) groups excluding carboxylic acids is 1. The first kappa shape index (κ1) is 10.6. The quantitative estimate of drug-likeness (QED) is 0.829. The van der Waals surface area contributed by atoms with Crippen LogP contribution >= 0.6 is 11.6 Å². The summed E-state index contributed by atoms with van der Waals surface area (Å²) in [5.41, 5.74) is 1.87. The summed E-state index contributed by atoms with van der Waals surface area (Å²) in [5.74, 6) is 0.930. The van der Waals surface area contributed by atoms with Crippen LogP contribution < -0.4 is 4.90 Å². The van der Waals surface area contributed by atoms with Crippen LogP contribution in [-0.2, 0) is 4.79 Å². The van der Waals surface area contributed by atoms with Crippen LogP contribution in [0.15, 0.2) is 24.4 Å². The number of rotatable bonds is 2. The van der Waals surface area contributed by atoms with Crippen LogP contribution in [0.3, 0.4) is 0 Å². The minimum absolute atomic E-state index is 0.143. The van der Waals surface area contributed by atoms with Gasteiger partial charge in [-0.25, -0.2) is 0 Å². The lowest BCUT2D eigenvalue weighted by atomic mass is 10.1. The van der Waals surface area contributed by atoms with Gasteiger partial charge in [0.25, 0.3) is 0 Å². The highest BCUT2D eigenvalue weighted by Gasteiger charge is 2.30. The summed E-state index contributed by atoms with van der Waals surface area (Å²) >= 11 is 5.83. The number of aromatic amines is 1. The van der Waals surface area contributed by atoms with Gasteiger partial charge in [-0.2, -0.15) is 5.10 Å². The smallest absolute Gasteiger partial charge is 0.227 e. The van der Waals surface area contributed by atoms with E-state index in [1.165, 1.54) is 0 Å². The standard InChI is InChI=1S/C12H12ClN3O/c13-5-8-4-12(17)16(7-8)11-3-1-2-10-9(11)6-14-15-10/h1-3,6,8H,4-5,7H2,(H,14,15). The lowest BCUT2D eigenvalue weighted by Crippen LogP contribution is -2.24. The average Bonchev–Trinajstić information content (AvgIpc) is 2.94. The number of hydrogen-bond donors (Lipinski definition) is 1. The number of benzene rings is 1. The molecule has 1 amide bonds. The Morgan fingerprint density at radius 3 is 3.18 bits per heavy atom. The monoisotopic (exact) mass is 249 g/mol. The van der Waals surface area contributed by atoms with Gasteiger partial charge in [0.15, 0.2) is 0 Å². The van der Waals surface area contributed by atoms with E-state index >= 15 is 0 Å². The molecule has 1 N–H and O–H groups in total. The fourth-order valence-corrected chi connectivity index (χ4v) is 2.51. The van der Waals surface area contributed by atoms with Gasteiger partial charge in [0.05, 0.1) is 17.4 Å². The third-order valence-electron chi connectivity index (χ3n) is 3.18. The zero-order valence-electron chi connectivity index (χ0n) is 9.19. The van der Waals surface area contributed by atoms with Crippen molar-refractivity contribution in [2.45, 2.75) is 6.42 Å². The highest BCUT2D eigenvalue weighted by Crippen LogP contribution is 2.30. The van der Waals surface area contributed by atoms with Crippen LogP contribution in [0.1, 0.15) is 6.42 Å². The van der Waals surface area contributed by atoms with Crippen LogP contribution in [0.4, 0.5) is 5.69 Å². The number of nitrogens with one attached hydrogen (secondary N) is 1. The highest BCUT2D eigenvalue weighted by atomic mass is 35.5. The Kier molecular flexibility index (Phi) is 2.52. The molecule has 1 unspecified atom stereocenters. The summed E-state index contributed by atoms with van der Waals surface area (Å²) in [6, 6.07) is 5.83. The van der Waals surface area contributed by atoms with Crippen LogP contribution in [0.5, 0.6) is 0 Å². The predicted octanol–water partition coefficient (Wildman–Crippen LogP) is 2.15. The number of amides is 1. The van der Waals surface area contributed by atoms with Gasteiger partial charge < -0.3 is 4.90 Å². The van der Waals surface area contributed by atoms with E-state index < -0.39 is 0 Å². The predicted molar refractivity (Wildman–Crippen MR) is 67.3 cm³/mol. The summed E-state index contributed by atoms with van der Waals surface area (Å²) < 4.78 is 0. The molecule has 1 aromatic carbocycles. The summed E-state index contributed by atoms with van der Waals surface area (Å²) in [7, 11) is 0. The van der Waals surface area contributed by atoms with Gasteiger partial charge in [-0.1, -0.05) is 6.07 Å². The molecule has 0 aliphatic carbocycles. The fourth-order valence-electron chi connectivity index (χ4n) is 2.31. The van der Waals surface area contributed by atoms with E-state index in [0.717, 1.165) is 16.6 Å². The molecule has 0 radical (unpaired) electrons. The molecule has 0 bridgehead atoms. The maximum atomic E-state index is 11.9. The van der Waals surface area contributed by atoms with E-state index in [1.54, 1.807) is 6.20 Å². The molecule has 0 saturated carbocycles. The summed E-state index contributed by atoms with van der Waals surface area (Å²) in [4.78, 5) is 13.8. The molecular weight excluding hydrogens is 238 g/mol. The van der Waals surface area contributed by atoms with Crippen molar-refractivity contribution in [3.05, 3.63) is 24.4 Å². The largest absolute Gasteiger partial charge is 0.311 e. The van der Waals surface area contributed by atoms with Crippen LogP contribution in [-0.4, -0.2) is 28.5 Å². The maximum absolute atomic E-state index is 11.9. The third kappa shape index (κ3) is 1.69. The number of aromatic nitrogens is 2. The molecule has 1 fully saturated rings. The summed E-state index contributed by atoms with van der Waals surface area (Å²) in [5, 5.41) is 7.90. The zero-order valence-corrected chi connectivity index (χ0v) is 9.94. The Bertz CT molecular complexity index is 566. The van der Waals surface area contributed by atoms with Crippen molar-refractivity contribution in [1.29, 1.82) is 0 Å². The van der Waals surface area contributed by atoms with E-state index in [1.807, 2.05) is 23.1 Å². The molecule has 2 aromatic rings. The molecule has 1 saturated heterocycles. The summed E-state index contributed by atoms with van der Waals surface area (Å²) in [6.07, 6.45) is 2.30. The van der Waals surface area contributed by atoms with Crippen LogP contribution in [0.2, 0.25) is 0 Å². The Morgan fingerprint density at radius 1 is 1.53 bits per heavy atom. The molecule has 0 spiro atoms. The molecule has 2 heterocycles. The van der Waals surface area contributed by atoms with Crippen molar-refractivity contribution in [2.24, 2.45) is 5.92 Å². The van der Waals surface area contributed by atoms with Gasteiger partial charge in [-0.05, 0) is 18.1 Å². The van der Waals surface area contributed by atoms with E-state index in [0.29, 0.717) is 18.8 Å². The van der Waals surface area contributed by atoms with E-state index in [4.69, 9.17) is 11.6 Å². The Balaban J connectivity index is 2.04. The minimum Gasteiger partial charge on any atom is -0.311 e. The molecule has 1 aliphatic heterocycles. The molecule has 4 nitrogen and oxygen atoms in total. The maximum Gasteiger partial charge on any atom is 0.227 e. The highest BCUT2D eigenvalue weighted by molar-refractivity contribution is 6.18. The average molecular weight is 250 g/mol. The van der Waals surface area contributed by atoms with Crippen molar-refractivity contribution in [1.82, 2.24) is 10.2 Å². The molecule has 5 heteroatoms. The van der Waals surface area contributed by atoms with Gasteiger partial charge >= 0.3 is 0 Å².